The Bertz CT molecular complexity index is 2450. The molecular weight excluding hydrogens is 827 g/mol. The van der Waals surface area contributed by atoms with Gasteiger partial charge >= 0.3 is 0 Å². The molecule has 4 atom stereocenters. The quantitative estimate of drug-likeness (QED) is 0.178. The Morgan fingerprint density at radius 2 is 1.89 bits per heavy atom. The zero-order valence-corrected chi connectivity index (χ0v) is 39.1. The molecule has 2 fully saturated rings. The number of aldehydes is 1. The van der Waals surface area contributed by atoms with E-state index in [1.807, 2.05) is 32.0 Å². The minimum atomic E-state index is -1.21. The molecule has 3 N–H and O–H groups in total. The van der Waals surface area contributed by atoms with Gasteiger partial charge in [-0.15, -0.1) is 0 Å². The number of carbonyl (C=O) groups excluding carboxylic acids is 5. The Labute approximate surface area is 381 Å². The summed E-state index contributed by atoms with van der Waals surface area (Å²) in [4.78, 5) is 76.1. The number of aryl methyl sites for hydroxylation is 1. The molecule has 2 aromatic carbocycles. The predicted molar refractivity (Wildman–Crippen MR) is 247 cm³/mol. The van der Waals surface area contributed by atoms with E-state index in [2.05, 4.69) is 54.3 Å². The number of pyridine rings is 1. The third-order valence-corrected chi connectivity index (χ3v) is 13.3. The van der Waals surface area contributed by atoms with Crippen LogP contribution < -0.4 is 10.7 Å². The smallest absolute Gasteiger partial charge is 0.259 e. The molecular formula is C50H65N7O8. The second-order valence-corrected chi connectivity index (χ2v) is 19.3. The van der Waals surface area contributed by atoms with Gasteiger partial charge in [-0.3, -0.25) is 29.2 Å². The molecule has 0 radical (unpaired) electrons. The van der Waals surface area contributed by atoms with Crippen molar-refractivity contribution >= 4 is 40.8 Å². The molecule has 0 spiro atoms. The van der Waals surface area contributed by atoms with Gasteiger partial charge in [-0.2, -0.15) is 0 Å². The second-order valence-electron chi connectivity index (χ2n) is 19.3. The number of nitrogens with one attached hydrogen (secondary N) is 2. The average molecular weight is 892 g/mol. The third-order valence-electron chi connectivity index (χ3n) is 13.3. The Balaban J connectivity index is 1.32. The summed E-state index contributed by atoms with van der Waals surface area (Å²) in [5, 5.41) is 16.8. The van der Waals surface area contributed by atoms with Gasteiger partial charge in [0.1, 0.15) is 29.7 Å². The molecule has 1 unspecified atom stereocenters. The molecule has 0 aliphatic carbocycles. The van der Waals surface area contributed by atoms with Crippen molar-refractivity contribution in [3.05, 3.63) is 71.5 Å². The number of likely N-dealkylation sites (N-methyl/N-ethyl adjacent to an activating group) is 1. The number of aromatic nitrogens is 2. The van der Waals surface area contributed by atoms with Crippen LogP contribution in [0.25, 0.3) is 33.3 Å². The summed E-state index contributed by atoms with van der Waals surface area (Å²) >= 11 is 0. The summed E-state index contributed by atoms with van der Waals surface area (Å²) in [6.45, 7) is 13.9. The maximum Gasteiger partial charge on any atom is 0.259 e. The number of hydrazine groups is 1. The van der Waals surface area contributed by atoms with E-state index in [9.17, 15) is 29.1 Å². The first kappa shape index (κ1) is 47.3. The SMILES string of the molecule is CCn1c(-c2cccnc2COC)c2c3cc(ccc31)-c1cc(O)cc(c1)C[C@H](NC(=O)[C@H](C(C)C)N(C)C(=O)[C@H]1CCN(C(C)=O)C1)C(=O)N1CCCC(C=O)(COCC(C)(C)C2)N1. The fraction of sp³-hybridized carbons (Fsp3) is 0.520. The number of benzene rings is 2. The first-order valence-electron chi connectivity index (χ1n) is 22.9. The van der Waals surface area contributed by atoms with E-state index in [0.717, 1.165) is 50.8 Å². The van der Waals surface area contributed by atoms with Gasteiger partial charge in [0.15, 0.2) is 0 Å². The van der Waals surface area contributed by atoms with Gasteiger partial charge in [0.2, 0.25) is 17.7 Å². The lowest BCUT2D eigenvalue weighted by atomic mass is 9.84. The first-order chi connectivity index (χ1) is 31.0. The number of amides is 4. The maximum atomic E-state index is 14.8. The molecule has 4 aromatic rings. The number of methoxy groups -OCH3 is 1. The lowest BCUT2D eigenvalue weighted by molar-refractivity contribution is -0.148. The molecule has 15 nitrogen and oxygen atoms in total. The van der Waals surface area contributed by atoms with Crippen LogP contribution in [0, 0.1) is 17.3 Å². The van der Waals surface area contributed by atoms with Crippen LogP contribution in [-0.2, 0) is 59.4 Å². The molecule has 5 heterocycles. The van der Waals surface area contributed by atoms with E-state index in [1.165, 1.54) is 16.8 Å². The molecule has 0 saturated carbocycles. The summed E-state index contributed by atoms with van der Waals surface area (Å²) in [5.74, 6) is -2.12. The minimum absolute atomic E-state index is 0.00522. The van der Waals surface area contributed by atoms with E-state index < -0.39 is 40.8 Å². The highest BCUT2D eigenvalue weighted by Crippen LogP contribution is 2.41. The third kappa shape index (κ3) is 9.97. The molecule has 7 rings (SSSR count). The number of rotatable bonds is 10. The molecule has 2 aromatic heterocycles. The van der Waals surface area contributed by atoms with Crippen molar-refractivity contribution in [1.29, 1.82) is 0 Å². The van der Waals surface area contributed by atoms with Crippen LogP contribution in [0.5, 0.6) is 5.75 Å². The average Bonchev–Trinajstić information content (AvgIpc) is 3.89. The standard InChI is InChI=1S/C50H65N7O8/c1-9-56-43-14-13-34-24-39(43)40(45(56)38-12-10-17-51-42(38)27-64-8)25-49(5,6)29-65-30-50(28-58)16-11-18-57(53-50)48(63)41(22-33-20-36(34)23-37(60)21-33)52-46(61)44(31(2)3)54(7)47(62)35-15-19-55(26-35)32(4)59/h10,12-14,17,20-21,23-24,28,31,35,41,44,53,60H,9,11,15-16,18-19,22,25-27,29-30H2,1-8H3,(H,52,61)/t35-,41-,44-,50?/m0/s1. The van der Waals surface area contributed by atoms with Gasteiger partial charge in [0.25, 0.3) is 5.91 Å². The van der Waals surface area contributed by atoms with E-state index in [1.54, 1.807) is 37.4 Å². The predicted octanol–water partition coefficient (Wildman–Crippen LogP) is 5.28. The van der Waals surface area contributed by atoms with Crippen molar-refractivity contribution in [2.24, 2.45) is 17.3 Å². The van der Waals surface area contributed by atoms with E-state index >= 15 is 0 Å². The number of ether oxygens (including phenoxy) is 2. The number of aromatic hydroxyl groups is 1. The van der Waals surface area contributed by atoms with Crippen molar-refractivity contribution < 1.29 is 38.6 Å². The highest BCUT2D eigenvalue weighted by atomic mass is 16.5. The highest BCUT2D eigenvalue weighted by Gasteiger charge is 2.42. The van der Waals surface area contributed by atoms with Crippen molar-refractivity contribution in [3.8, 4) is 28.1 Å². The molecule has 6 bridgehead atoms. The Kier molecular flexibility index (Phi) is 14.2. The normalized spacial score (nSPS) is 21.8. The zero-order valence-electron chi connectivity index (χ0n) is 39.1. The van der Waals surface area contributed by atoms with Crippen molar-refractivity contribution in [3.63, 3.8) is 0 Å². The molecule has 348 valence electrons. The molecule has 65 heavy (non-hydrogen) atoms. The zero-order chi connectivity index (χ0) is 46.8. The largest absolute Gasteiger partial charge is 0.508 e. The number of hydrogen-bond donors (Lipinski definition) is 3. The number of phenols is 1. The maximum absolute atomic E-state index is 14.8. The van der Waals surface area contributed by atoms with E-state index in [4.69, 9.17) is 14.5 Å². The first-order valence-corrected chi connectivity index (χ1v) is 22.9. The monoisotopic (exact) mass is 891 g/mol. The lowest BCUT2D eigenvalue weighted by Gasteiger charge is -2.42. The van der Waals surface area contributed by atoms with Gasteiger partial charge in [-0.05, 0) is 103 Å². The fourth-order valence-corrected chi connectivity index (χ4v) is 10.1. The highest BCUT2D eigenvalue weighted by molar-refractivity contribution is 5.96. The molecule has 3 aliphatic heterocycles. The number of carbonyl (C=O) groups is 5. The lowest BCUT2D eigenvalue weighted by Crippen LogP contribution is -2.66. The minimum Gasteiger partial charge on any atom is -0.508 e. The van der Waals surface area contributed by atoms with Gasteiger partial charge < -0.3 is 39.1 Å². The van der Waals surface area contributed by atoms with Gasteiger partial charge in [-0.1, -0.05) is 39.8 Å². The van der Waals surface area contributed by atoms with Crippen LogP contribution in [0.1, 0.15) is 77.6 Å². The molecule has 4 amide bonds. The second kappa shape index (κ2) is 19.4. The van der Waals surface area contributed by atoms with Gasteiger partial charge in [0.05, 0.1) is 37.1 Å². The molecule has 2 saturated heterocycles. The number of likely N-dealkylation sites (tertiary alicyclic amines) is 1. The summed E-state index contributed by atoms with van der Waals surface area (Å²) in [6.07, 6.45) is 4.62. The fourth-order valence-electron chi connectivity index (χ4n) is 10.1. The van der Waals surface area contributed by atoms with Crippen LogP contribution in [0.15, 0.2) is 54.7 Å². The Hall–Kier alpha value is -5.64. The number of phenolic OH excluding ortho intramolecular Hbond substituents is 1. The summed E-state index contributed by atoms with van der Waals surface area (Å²) < 4.78 is 14.4. The number of hydrogen-bond acceptors (Lipinski definition) is 10. The van der Waals surface area contributed by atoms with Crippen molar-refractivity contribution in [1.82, 2.24) is 35.1 Å². The van der Waals surface area contributed by atoms with Crippen LogP contribution >= 0.6 is 0 Å². The van der Waals surface area contributed by atoms with Gasteiger partial charge in [-0.25, -0.2) is 5.43 Å². The van der Waals surface area contributed by atoms with Crippen LogP contribution in [0.4, 0.5) is 0 Å². The number of fused-ring (bicyclic) bond motifs is 6. The van der Waals surface area contributed by atoms with Crippen LogP contribution in [0.2, 0.25) is 0 Å². The summed E-state index contributed by atoms with van der Waals surface area (Å²) in [5.41, 5.74) is 8.71. The topological polar surface area (TPSA) is 176 Å². The Morgan fingerprint density at radius 1 is 1.11 bits per heavy atom. The molecule has 3 aliphatic rings. The van der Waals surface area contributed by atoms with Crippen LogP contribution in [-0.4, -0.2) is 124 Å². The van der Waals surface area contributed by atoms with E-state index in [0.29, 0.717) is 57.6 Å². The summed E-state index contributed by atoms with van der Waals surface area (Å²) in [6, 6.07) is 13.4. The van der Waals surface area contributed by atoms with Crippen molar-refractivity contribution in [2.75, 3.05) is 47.0 Å². The van der Waals surface area contributed by atoms with Crippen molar-refractivity contribution in [2.45, 2.75) is 104 Å². The summed E-state index contributed by atoms with van der Waals surface area (Å²) in [7, 11) is 3.26. The molecule has 15 heteroatoms. The van der Waals surface area contributed by atoms with Gasteiger partial charge in [0, 0.05) is 76.3 Å². The van der Waals surface area contributed by atoms with Crippen LogP contribution in [0.3, 0.4) is 0 Å². The number of nitrogens with zero attached hydrogens (tertiary/aromatic N) is 5. The Morgan fingerprint density at radius 3 is 2.58 bits per heavy atom. The van der Waals surface area contributed by atoms with E-state index in [-0.39, 0.29) is 49.6 Å².